The smallest absolute Gasteiger partial charge is 0.246 e. The van der Waals surface area contributed by atoms with E-state index in [2.05, 4.69) is 0 Å². The summed E-state index contributed by atoms with van der Waals surface area (Å²) in [4.78, 5) is 14.1. The molecule has 2 rings (SSSR count). The number of carbonyl (C=O) groups excluding carboxylic acids is 1. The molecule has 0 heterocycles. The van der Waals surface area contributed by atoms with Crippen LogP contribution in [-0.4, -0.2) is 35.6 Å². The molecule has 1 fully saturated rings. The van der Waals surface area contributed by atoms with E-state index in [0.717, 1.165) is 36.8 Å². The number of aliphatic hydroxyl groups excluding tert-OH is 1. The fraction of sp³-hybridized carbons (Fsp3) is 0.500. The van der Waals surface area contributed by atoms with Gasteiger partial charge in [0, 0.05) is 25.8 Å². The van der Waals surface area contributed by atoms with Crippen molar-refractivity contribution in [3.05, 3.63) is 41.7 Å². The number of carbonyl (C=O) groups is 1. The van der Waals surface area contributed by atoms with Crippen molar-refractivity contribution in [3.63, 3.8) is 0 Å². The number of allylic oxidation sites excluding steroid dienone is 1. The van der Waals surface area contributed by atoms with Crippen LogP contribution in [0, 0.1) is 11.7 Å². The monoisotopic (exact) mass is 305 g/mol. The third kappa shape index (κ3) is 4.17. The van der Waals surface area contributed by atoms with Gasteiger partial charge in [-0.15, -0.1) is 0 Å². The van der Waals surface area contributed by atoms with E-state index < -0.39 is 0 Å². The lowest BCUT2D eigenvalue weighted by molar-refractivity contribution is -0.127. The van der Waals surface area contributed by atoms with E-state index in [4.69, 9.17) is 0 Å². The Morgan fingerprint density at radius 3 is 2.64 bits per heavy atom. The molecule has 0 saturated heterocycles. The molecule has 0 aliphatic heterocycles. The summed E-state index contributed by atoms with van der Waals surface area (Å²) in [5.74, 6) is 0.0342. The van der Waals surface area contributed by atoms with Gasteiger partial charge >= 0.3 is 0 Å². The number of nitrogens with zero attached hydrogens (tertiary/aromatic N) is 1. The third-order valence-corrected chi connectivity index (χ3v) is 4.59. The summed E-state index contributed by atoms with van der Waals surface area (Å²) in [5, 5.41) is 9.17. The van der Waals surface area contributed by atoms with Gasteiger partial charge in [0.1, 0.15) is 5.82 Å². The lowest BCUT2D eigenvalue weighted by Gasteiger charge is -2.33. The van der Waals surface area contributed by atoms with Crippen molar-refractivity contribution in [1.82, 2.24) is 4.90 Å². The second-order valence-electron chi connectivity index (χ2n) is 6.14. The highest BCUT2D eigenvalue weighted by Crippen LogP contribution is 2.27. The Morgan fingerprint density at radius 2 is 2.05 bits per heavy atom. The maximum Gasteiger partial charge on any atom is 0.246 e. The Balaban J connectivity index is 2.00. The van der Waals surface area contributed by atoms with E-state index in [-0.39, 0.29) is 24.4 Å². The summed E-state index contributed by atoms with van der Waals surface area (Å²) >= 11 is 0. The number of hydrogen-bond donors (Lipinski definition) is 1. The highest BCUT2D eigenvalue weighted by molar-refractivity contribution is 5.94. The van der Waals surface area contributed by atoms with Crippen LogP contribution in [0.4, 0.5) is 4.39 Å². The molecular formula is C18H24FNO2. The molecule has 1 aromatic rings. The summed E-state index contributed by atoms with van der Waals surface area (Å²) in [6, 6.07) is 6.50. The SMILES string of the molecule is C/C(=C/C(=O)N(C)C1CCC(CO)CC1)c1cccc(F)c1. The predicted octanol–water partition coefficient (Wildman–Crippen LogP) is 3.24. The van der Waals surface area contributed by atoms with Gasteiger partial charge in [-0.3, -0.25) is 4.79 Å². The Hall–Kier alpha value is -1.68. The lowest BCUT2D eigenvalue weighted by Crippen LogP contribution is -2.39. The van der Waals surface area contributed by atoms with E-state index >= 15 is 0 Å². The largest absolute Gasteiger partial charge is 0.396 e. The topological polar surface area (TPSA) is 40.5 Å². The predicted molar refractivity (Wildman–Crippen MR) is 85.7 cm³/mol. The van der Waals surface area contributed by atoms with E-state index in [9.17, 15) is 14.3 Å². The zero-order valence-electron chi connectivity index (χ0n) is 13.3. The molecule has 22 heavy (non-hydrogen) atoms. The van der Waals surface area contributed by atoms with Gasteiger partial charge in [0.05, 0.1) is 0 Å². The molecular weight excluding hydrogens is 281 g/mol. The summed E-state index contributed by atoms with van der Waals surface area (Å²) in [5.41, 5.74) is 1.49. The van der Waals surface area contributed by atoms with Gasteiger partial charge in [-0.1, -0.05) is 12.1 Å². The second-order valence-corrected chi connectivity index (χ2v) is 6.14. The molecule has 4 heteroatoms. The maximum absolute atomic E-state index is 13.2. The molecule has 1 aliphatic rings. The quantitative estimate of drug-likeness (QED) is 0.868. The zero-order valence-corrected chi connectivity index (χ0v) is 13.3. The van der Waals surface area contributed by atoms with Crippen LogP contribution < -0.4 is 0 Å². The van der Waals surface area contributed by atoms with E-state index in [1.165, 1.54) is 12.1 Å². The van der Waals surface area contributed by atoms with Crippen LogP contribution in [0.15, 0.2) is 30.3 Å². The van der Waals surface area contributed by atoms with Crippen LogP contribution >= 0.6 is 0 Å². The molecule has 1 amide bonds. The molecule has 120 valence electrons. The van der Waals surface area contributed by atoms with Gasteiger partial charge in [-0.2, -0.15) is 0 Å². The fourth-order valence-corrected chi connectivity index (χ4v) is 3.00. The van der Waals surface area contributed by atoms with E-state index in [0.29, 0.717) is 5.92 Å². The molecule has 0 spiro atoms. The molecule has 1 aliphatic carbocycles. The van der Waals surface area contributed by atoms with Gasteiger partial charge in [0.2, 0.25) is 5.91 Å². The van der Waals surface area contributed by atoms with Crippen LogP contribution in [0.3, 0.4) is 0 Å². The maximum atomic E-state index is 13.2. The second kappa shape index (κ2) is 7.54. The van der Waals surface area contributed by atoms with Crippen molar-refractivity contribution in [1.29, 1.82) is 0 Å². The van der Waals surface area contributed by atoms with Crippen molar-refractivity contribution in [2.24, 2.45) is 5.92 Å². The Bertz CT molecular complexity index is 548. The van der Waals surface area contributed by atoms with E-state index in [1.54, 1.807) is 23.1 Å². The Kier molecular flexibility index (Phi) is 5.72. The van der Waals surface area contributed by atoms with Crippen LogP contribution in [0.2, 0.25) is 0 Å². The standard InChI is InChI=1S/C18H24FNO2/c1-13(15-4-3-5-16(19)11-15)10-18(22)20(2)17-8-6-14(12-21)7-9-17/h3-5,10-11,14,17,21H,6-9,12H2,1-2H3/b13-10-. The zero-order chi connectivity index (χ0) is 16.1. The van der Waals surface area contributed by atoms with Crippen molar-refractivity contribution >= 4 is 11.5 Å². The van der Waals surface area contributed by atoms with E-state index in [1.807, 2.05) is 14.0 Å². The van der Waals surface area contributed by atoms with Gasteiger partial charge in [-0.05, 0) is 61.8 Å². The molecule has 1 N–H and O–H groups in total. The summed E-state index contributed by atoms with van der Waals surface area (Å²) in [6.07, 6.45) is 5.37. The van der Waals surface area contributed by atoms with Gasteiger partial charge in [0.15, 0.2) is 0 Å². The van der Waals surface area contributed by atoms with Crippen molar-refractivity contribution in [3.8, 4) is 0 Å². The highest BCUT2D eigenvalue weighted by Gasteiger charge is 2.25. The normalized spacial score (nSPS) is 22.5. The molecule has 0 bridgehead atoms. The van der Waals surface area contributed by atoms with Crippen LogP contribution in [-0.2, 0) is 4.79 Å². The lowest BCUT2D eigenvalue weighted by atomic mass is 9.86. The molecule has 0 atom stereocenters. The highest BCUT2D eigenvalue weighted by atomic mass is 19.1. The molecule has 1 saturated carbocycles. The number of hydrogen-bond acceptors (Lipinski definition) is 2. The number of likely N-dealkylation sites (N-methyl/N-ethyl adjacent to an activating group) is 1. The first-order valence-corrected chi connectivity index (χ1v) is 7.83. The van der Waals surface area contributed by atoms with Crippen molar-refractivity contribution in [2.75, 3.05) is 13.7 Å². The first-order chi connectivity index (χ1) is 10.5. The first kappa shape index (κ1) is 16.7. The average molecular weight is 305 g/mol. The first-order valence-electron chi connectivity index (χ1n) is 7.83. The van der Waals surface area contributed by atoms with Gasteiger partial charge < -0.3 is 10.0 Å². The minimum atomic E-state index is -0.298. The number of amides is 1. The fourth-order valence-electron chi connectivity index (χ4n) is 3.00. The average Bonchev–Trinajstić information content (AvgIpc) is 2.54. The summed E-state index contributed by atoms with van der Waals surface area (Å²) in [7, 11) is 1.82. The van der Waals surface area contributed by atoms with Crippen LogP contribution in [0.5, 0.6) is 0 Å². The minimum Gasteiger partial charge on any atom is -0.396 e. The Morgan fingerprint density at radius 1 is 1.36 bits per heavy atom. The van der Waals surface area contributed by atoms with Crippen LogP contribution in [0.1, 0.15) is 38.2 Å². The van der Waals surface area contributed by atoms with Gasteiger partial charge in [-0.25, -0.2) is 4.39 Å². The molecule has 1 aromatic carbocycles. The number of benzene rings is 1. The molecule has 0 aromatic heterocycles. The van der Waals surface area contributed by atoms with Gasteiger partial charge in [0.25, 0.3) is 0 Å². The number of halogens is 1. The van der Waals surface area contributed by atoms with Crippen molar-refractivity contribution in [2.45, 2.75) is 38.6 Å². The van der Waals surface area contributed by atoms with Crippen molar-refractivity contribution < 1.29 is 14.3 Å². The molecule has 0 radical (unpaired) electrons. The third-order valence-electron chi connectivity index (χ3n) is 4.59. The summed E-state index contributed by atoms with van der Waals surface area (Å²) in [6.45, 7) is 2.06. The number of rotatable bonds is 4. The van der Waals surface area contributed by atoms with Crippen LogP contribution in [0.25, 0.3) is 5.57 Å². The summed E-state index contributed by atoms with van der Waals surface area (Å²) < 4.78 is 13.2. The molecule has 3 nitrogen and oxygen atoms in total. The number of aliphatic hydroxyl groups is 1. The Labute approximate surface area is 131 Å². The minimum absolute atomic E-state index is 0.0470. The molecule has 0 unspecified atom stereocenters.